The molecular weight excluding hydrogens is 372 g/mol. The van der Waals surface area contributed by atoms with Crippen LogP contribution in [-0.4, -0.2) is 44.5 Å². The molecule has 0 spiro atoms. The Morgan fingerprint density at radius 1 is 0.885 bits per heavy atom. The van der Waals surface area contributed by atoms with E-state index < -0.39 is 62.8 Å². The molecule has 11 heteroatoms. The highest BCUT2D eigenvalue weighted by atomic mass is 32.2. The van der Waals surface area contributed by atoms with E-state index in [1.54, 1.807) is 0 Å². The van der Waals surface area contributed by atoms with Crippen LogP contribution in [-0.2, 0) is 28.1 Å². The summed E-state index contributed by atoms with van der Waals surface area (Å²) in [5.74, 6) is -3.91. The van der Waals surface area contributed by atoms with Crippen molar-refractivity contribution in [3.05, 3.63) is 41.0 Å². The molecule has 2 rings (SSSR count). The largest absolute Gasteiger partial charge is 0.508 e. The molecule has 0 heterocycles. The van der Waals surface area contributed by atoms with E-state index in [2.05, 4.69) is 0 Å². The molecule has 6 N–H and O–H groups in total. The number of carboxylic acid groups (broad SMARTS) is 1. The first kappa shape index (κ1) is 19.3. The van der Waals surface area contributed by atoms with Gasteiger partial charge in [-0.2, -0.15) is 8.42 Å². The molecule has 0 atom stereocenters. The minimum Gasteiger partial charge on any atom is -0.508 e. The lowest BCUT2D eigenvalue weighted by molar-refractivity contribution is 0.0691. The van der Waals surface area contributed by atoms with Crippen LogP contribution in [0.4, 0.5) is 0 Å². The second-order valence-corrected chi connectivity index (χ2v) is 6.62. The number of ether oxygens (including phenoxy) is 1. The van der Waals surface area contributed by atoms with Gasteiger partial charge in [0.2, 0.25) is 0 Å². The number of hydrogen-bond acceptors (Lipinski definition) is 8. The van der Waals surface area contributed by atoms with Crippen LogP contribution >= 0.6 is 0 Å². The highest BCUT2D eigenvalue weighted by Gasteiger charge is 2.20. The van der Waals surface area contributed by atoms with Crippen molar-refractivity contribution in [1.29, 1.82) is 0 Å². The van der Waals surface area contributed by atoms with Gasteiger partial charge in [0.25, 0.3) is 10.1 Å². The molecule has 0 aliphatic heterocycles. The second kappa shape index (κ2) is 7.07. The summed E-state index contributed by atoms with van der Waals surface area (Å²) in [5, 5.41) is 47.6. The predicted molar refractivity (Wildman–Crippen MR) is 84.8 cm³/mol. The molecule has 0 unspecified atom stereocenters. The van der Waals surface area contributed by atoms with E-state index in [0.29, 0.717) is 6.07 Å². The Morgan fingerprint density at radius 2 is 1.38 bits per heavy atom. The van der Waals surface area contributed by atoms with Crippen LogP contribution in [0, 0.1) is 0 Å². The van der Waals surface area contributed by atoms with E-state index in [1.165, 1.54) is 0 Å². The number of aromatic hydroxyl groups is 4. The summed E-state index contributed by atoms with van der Waals surface area (Å²) in [6, 6.07) is 3.55. The number of carboxylic acids is 1. The molecule has 2 aromatic carbocycles. The molecule has 0 radical (unpaired) electrons. The summed E-state index contributed by atoms with van der Waals surface area (Å²) < 4.78 is 36.5. The average molecular weight is 386 g/mol. The Morgan fingerprint density at radius 3 is 1.88 bits per heavy atom. The average Bonchev–Trinajstić information content (AvgIpc) is 2.51. The Hall–Kier alpha value is -3.02. The van der Waals surface area contributed by atoms with Gasteiger partial charge in [-0.15, -0.1) is 0 Å². The number of rotatable bonds is 6. The van der Waals surface area contributed by atoms with Gasteiger partial charge < -0.3 is 30.3 Å². The van der Waals surface area contributed by atoms with Crippen molar-refractivity contribution < 1.29 is 48.0 Å². The zero-order valence-electron chi connectivity index (χ0n) is 12.9. The molecular formula is C15H14O10S. The Kier molecular flexibility index (Phi) is 5.25. The number of phenolic OH excluding ortho intramolecular Hbond substituents is 3. The molecule has 26 heavy (non-hydrogen) atoms. The number of carbonyl (C=O) groups is 1. The van der Waals surface area contributed by atoms with Gasteiger partial charge in [0.15, 0.2) is 0 Å². The van der Waals surface area contributed by atoms with Crippen molar-refractivity contribution in [2.24, 2.45) is 0 Å². The molecule has 0 aromatic heterocycles. The molecule has 0 bridgehead atoms. The summed E-state index contributed by atoms with van der Waals surface area (Å²) in [4.78, 5) is 10.1. The lowest BCUT2D eigenvalue weighted by Gasteiger charge is -2.12. The van der Waals surface area contributed by atoms with Crippen molar-refractivity contribution in [3.63, 3.8) is 0 Å². The zero-order chi connectivity index (χ0) is 19.6. The highest BCUT2D eigenvalue weighted by Crippen LogP contribution is 2.33. The van der Waals surface area contributed by atoms with E-state index in [9.17, 15) is 33.6 Å². The molecule has 0 saturated heterocycles. The van der Waals surface area contributed by atoms with Gasteiger partial charge >= 0.3 is 5.97 Å². The highest BCUT2D eigenvalue weighted by molar-refractivity contribution is 7.86. The van der Waals surface area contributed by atoms with Crippen molar-refractivity contribution >= 4 is 16.1 Å². The number of benzene rings is 2. The van der Waals surface area contributed by atoms with Gasteiger partial charge in [-0.3, -0.25) is 4.55 Å². The summed E-state index contributed by atoms with van der Waals surface area (Å²) in [6.07, 6.45) is 0. The maximum absolute atomic E-state index is 11.2. The Balaban J connectivity index is 2.24. The Bertz CT molecular complexity index is 965. The predicted octanol–water partition coefficient (Wildman–Crippen LogP) is 1.17. The topological polar surface area (TPSA) is 182 Å². The van der Waals surface area contributed by atoms with Crippen LogP contribution < -0.4 is 0 Å². The van der Waals surface area contributed by atoms with Crippen molar-refractivity contribution in [1.82, 2.24) is 0 Å². The van der Waals surface area contributed by atoms with Gasteiger partial charge in [-0.05, 0) is 18.2 Å². The molecule has 0 aliphatic carbocycles. The fraction of sp³-hybridized carbons (Fsp3) is 0.133. The van der Waals surface area contributed by atoms with Gasteiger partial charge in [0, 0.05) is 17.2 Å². The fourth-order valence-corrected chi connectivity index (χ4v) is 2.82. The number of aromatic carboxylic acids is 1. The van der Waals surface area contributed by atoms with Crippen LogP contribution in [0.15, 0.2) is 29.2 Å². The van der Waals surface area contributed by atoms with Crippen LogP contribution in [0.3, 0.4) is 0 Å². The maximum atomic E-state index is 11.2. The maximum Gasteiger partial charge on any atom is 0.339 e. The van der Waals surface area contributed by atoms with Gasteiger partial charge in [-0.25, -0.2) is 4.79 Å². The summed E-state index contributed by atoms with van der Waals surface area (Å²) >= 11 is 0. The van der Waals surface area contributed by atoms with Crippen LogP contribution in [0.1, 0.15) is 21.5 Å². The third kappa shape index (κ3) is 4.14. The third-order valence-corrected chi connectivity index (χ3v) is 4.20. The van der Waals surface area contributed by atoms with Crippen LogP contribution in [0.2, 0.25) is 0 Å². The fourth-order valence-electron chi connectivity index (χ4n) is 2.18. The first-order valence-corrected chi connectivity index (χ1v) is 8.33. The molecule has 2 aromatic rings. The molecule has 140 valence electrons. The van der Waals surface area contributed by atoms with E-state index in [1.807, 2.05) is 0 Å². The minimum atomic E-state index is -4.79. The number of phenols is 4. The van der Waals surface area contributed by atoms with E-state index in [-0.39, 0.29) is 11.1 Å². The molecule has 0 amide bonds. The van der Waals surface area contributed by atoms with E-state index in [0.717, 1.165) is 18.2 Å². The zero-order valence-corrected chi connectivity index (χ0v) is 13.8. The smallest absolute Gasteiger partial charge is 0.339 e. The first-order valence-electron chi connectivity index (χ1n) is 6.89. The summed E-state index contributed by atoms with van der Waals surface area (Å²) in [6.45, 7) is -0.864. The normalized spacial score (nSPS) is 11.4. The lowest BCUT2D eigenvalue weighted by Crippen LogP contribution is -2.03. The lowest BCUT2D eigenvalue weighted by atomic mass is 10.1. The van der Waals surface area contributed by atoms with Crippen molar-refractivity contribution in [3.8, 4) is 23.0 Å². The minimum absolute atomic E-state index is 0.0722. The summed E-state index contributed by atoms with van der Waals surface area (Å²) in [5.41, 5.74) is -0.801. The Labute approximate surface area is 146 Å². The third-order valence-electron chi connectivity index (χ3n) is 3.34. The van der Waals surface area contributed by atoms with E-state index >= 15 is 0 Å². The van der Waals surface area contributed by atoms with Gasteiger partial charge in [0.05, 0.1) is 13.2 Å². The number of hydrogen-bond donors (Lipinski definition) is 6. The standard InChI is InChI=1S/C15H14O10S/c16-9-1-7(13(18)11(3-9)15(20)21)5-25-6-8-2-10(17)4-12(14(8)19)26(22,23)24/h1-4,16-19H,5-6H2,(H,20,21)(H,22,23,24). The molecule has 0 saturated carbocycles. The quantitative estimate of drug-likeness (QED) is 0.311. The van der Waals surface area contributed by atoms with Gasteiger partial charge in [0.1, 0.15) is 33.5 Å². The van der Waals surface area contributed by atoms with Crippen LogP contribution in [0.5, 0.6) is 23.0 Å². The van der Waals surface area contributed by atoms with E-state index in [4.69, 9.17) is 14.4 Å². The van der Waals surface area contributed by atoms with Crippen LogP contribution in [0.25, 0.3) is 0 Å². The first-order chi connectivity index (χ1) is 12.0. The van der Waals surface area contributed by atoms with Gasteiger partial charge in [-0.1, -0.05) is 0 Å². The molecule has 0 fully saturated rings. The monoisotopic (exact) mass is 386 g/mol. The summed E-state index contributed by atoms with van der Waals surface area (Å²) in [7, 11) is -4.79. The van der Waals surface area contributed by atoms with Crippen molar-refractivity contribution in [2.75, 3.05) is 0 Å². The van der Waals surface area contributed by atoms with Crippen molar-refractivity contribution in [2.45, 2.75) is 18.1 Å². The molecule has 10 nitrogen and oxygen atoms in total. The SMILES string of the molecule is O=C(O)c1cc(O)cc(COCc2cc(O)cc(S(=O)(=O)O)c2O)c1O. The molecule has 0 aliphatic rings. The second-order valence-electron chi connectivity index (χ2n) is 5.23.